The van der Waals surface area contributed by atoms with Gasteiger partial charge in [-0.15, -0.1) is 0 Å². The summed E-state index contributed by atoms with van der Waals surface area (Å²) in [5.41, 5.74) is 1.17. The van der Waals surface area contributed by atoms with Gasteiger partial charge in [0.2, 0.25) is 0 Å². The van der Waals surface area contributed by atoms with E-state index in [0.717, 1.165) is 13.0 Å². The van der Waals surface area contributed by atoms with Crippen LogP contribution in [-0.4, -0.2) is 25.8 Å². The highest BCUT2D eigenvalue weighted by atomic mass is 35.5. The van der Waals surface area contributed by atoms with Crippen LogP contribution in [0, 0.1) is 5.92 Å². The van der Waals surface area contributed by atoms with Crippen molar-refractivity contribution in [2.45, 2.75) is 39.3 Å². The van der Waals surface area contributed by atoms with Crippen molar-refractivity contribution < 1.29 is 4.74 Å². The summed E-state index contributed by atoms with van der Waals surface area (Å²) >= 11 is 12.0. The Morgan fingerprint density at radius 3 is 2.37 bits per heavy atom. The highest BCUT2D eigenvalue weighted by molar-refractivity contribution is 6.42. The molecule has 0 saturated carbocycles. The van der Waals surface area contributed by atoms with Crippen molar-refractivity contribution in [1.82, 2.24) is 5.32 Å². The first-order valence-electron chi connectivity index (χ1n) is 6.69. The Balaban J connectivity index is 2.85. The van der Waals surface area contributed by atoms with Crippen LogP contribution in [0.2, 0.25) is 10.0 Å². The third kappa shape index (κ3) is 4.96. The molecule has 0 radical (unpaired) electrons. The largest absolute Gasteiger partial charge is 0.380 e. The summed E-state index contributed by atoms with van der Waals surface area (Å²) in [6, 6.07) is 6.07. The summed E-state index contributed by atoms with van der Waals surface area (Å²) in [5.74, 6) is 0.455. The second-order valence-electron chi connectivity index (χ2n) is 5.06. The van der Waals surface area contributed by atoms with Crippen LogP contribution in [0.25, 0.3) is 0 Å². The molecule has 1 aromatic rings. The molecule has 0 saturated heterocycles. The smallest absolute Gasteiger partial charge is 0.0750 e. The number of hydrogen-bond donors (Lipinski definition) is 1. The van der Waals surface area contributed by atoms with Crippen molar-refractivity contribution in [1.29, 1.82) is 0 Å². The van der Waals surface area contributed by atoms with Crippen molar-refractivity contribution in [3.63, 3.8) is 0 Å². The van der Waals surface area contributed by atoms with Crippen LogP contribution in [-0.2, 0) is 11.2 Å². The van der Waals surface area contributed by atoms with Crippen LogP contribution in [0.4, 0.5) is 0 Å². The fourth-order valence-corrected chi connectivity index (χ4v) is 2.71. The van der Waals surface area contributed by atoms with Crippen LogP contribution in [0.1, 0.15) is 26.3 Å². The Morgan fingerprint density at radius 2 is 1.89 bits per heavy atom. The number of ether oxygens (including phenoxy) is 1. The Morgan fingerprint density at radius 1 is 1.21 bits per heavy atom. The maximum Gasteiger partial charge on any atom is 0.0750 e. The summed E-state index contributed by atoms with van der Waals surface area (Å²) in [6.45, 7) is 7.37. The van der Waals surface area contributed by atoms with E-state index >= 15 is 0 Å². The van der Waals surface area contributed by atoms with Gasteiger partial charge in [0.1, 0.15) is 0 Å². The van der Waals surface area contributed by atoms with Crippen molar-refractivity contribution in [3.8, 4) is 0 Å². The number of rotatable bonds is 7. The van der Waals surface area contributed by atoms with E-state index < -0.39 is 0 Å². The van der Waals surface area contributed by atoms with Gasteiger partial charge < -0.3 is 10.1 Å². The number of hydrogen-bond acceptors (Lipinski definition) is 2. The minimum Gasteiger partial charge on any atom is -0.380 e. The van der Waals surface area contributed by atoms with Gasteiger partial charge in [-0.05, 0) is 36.6 Å². The molecule has 0 aliphatic heterocycles. The van der Waals surface area contributed by atoms with E-state index in [1.54, 1.807) is 7.11 Å². The van der Waals surface area contributed by atoms with Crippen LogP contribution < -0.4 is 5.32 Å². The van der Waals surface area contributed by atoms with Crippen LogP contribution in [0.3, 0.4) is 0 Å². The van der Waals surface area contributed by atoms with Gasteiger partial charge in [0, 0.05) is 13.2 Å². The molecule has 2 nitrogen and oxygen atoms in total. The molecule has 4 heteroatoms. The molecule has 0 heterocycles. The molecule has 2 atom stereocenters. The normalized spacial score (nSPS) is 14.7. The SMILES string of the molecule is CCNC(Cc1ccc(Cl)c(Cl)c1)C(OC)C(C)C. The molecule has 0 bridgehead atoms. The fraction of sp³-hybridized carbons (Fsp3) is 0.600. The number of methoxy groups -OCH3 is 1. The van der Waals surface area contributed by atoms with Crippen molar-refractivity contribution in [3.05, 3.63) is 33.8 Å². The minimum absolute atomic E-state index is 0.175. The standard InChI is InChI=1S/C15H23Cl2NO/c1-5-18-14(15(19-4)10(2)3)9-11-6-7-12(16)13(17)8-11/h6-8,10,14-15,18H,5,9H2,1-4H3. The Bertz CT molecular complexity index is 396. The first-order valence-corrected chi connectivity index (χ1v) is 7.45. The van der Waals surface area contributed by atoms with Crippen LogP contribution >= 0.6 is 23.2 Å². The van der Waals surface area contributed by atoms with Crippen molar-refractivity contribution in [2.24, 2.45) is 5.92 Å². The van der Waals surface area contributed by atoms with Gasteiger partial charge in [-0.25, -0.2) is 0 Å². The maximum absolute atomic E-state index is 6.07. The summed E-state index contributed by atoms with van der Waals surface area (Å²) < 4.78 is 5.63. The lowest BCUT2D eigenvalue weighted by Crippen LogP contribution is -2.45. The highest BCUT2D eigenvalue weighted by Crippen LogP contribution is 2.24. The van der Waals surface area contributed by atoms with Gasteiger partial charge in [0.15, 0.2) is 0 Å². The topological polar surface area (TPSA) is 21.3 Å². The summed E-state index contributed by atoms with van der Waals surface area (Å²) in [7, 11) is 1.77. The molecule has 1 aromatic carbocycles. The lowest BCUT2D eigenvalue weighted by atomic mass is 9.94. The molecule has 1 rings (SSSR count). The first kappa shape index (κ1) is 16.8. The van der Waals surface area contributed by atoms with Crippen LogP contribution in [0.15, 0.2) is 18.2 Å². The molecule has 0 aliphatic carbocycles. The van der Waals surface area contributed by atoms with Gasteiger partial charge in [-0.2, -0.15) is 0 Å². The Labute approximate surface area is 126 Å². The monoisotopic (exact) mass is 303 g/mol. The first-order chi connectivity index (χ1) is 8.99. The molecule has 108 valence electrons. The van der Waals surface area contributed by atoms with E-state index in [1.165, 1.54) is 5.56 Å². The predicted octanol–water partition coefficient (Wildman–Crippen LogP) is 4.19. The fourth-order valence-electron chi connectivity index (χ4n) is 2.39. The lowest BCUT2D eigenvalue weighted by molar-refractivity contribution is 0.0337. The number of likely N-dealkylation sites (N-methyl/N-ethyl adjacent to an activating group) is 1. The van der Waals surface area contributed by atoms with E-state index in [2.05, 4.69) is 26.1 Å². The van der Waals surface area contributed by atoms with E-state index in [1.807, 2.05) is 18.2 Å². The second kappa shape index (κ2) is 8.11. The Hall–Kier alpha value is -0.280. The minimum atomic E-state index is 0.175. The maximum atomic E-state index is 6.07. The summed E-state index contributed by atoms with van der Waals surface area (Å²) in [4.78, 5) is 0. The quantitative estimate of drug-likeness (QED) is 0.815. The van der Waals surface area contributed by atoms with Gasteiger partial charge >= 0.3 is 0 Å². The number of nitrogens with one attached hydrogen (secondary N) is 1. The molecule has 0 spiro atoms. The Kier molecular flexibility index (Phi) is 7.16. The van der Waals surface area contributed by atoms with Gasteiger partial charge in [0.25, 0.3) is 0 Å². The lowest BCUT2D eigenvalue weighted by Gasteiger charge is -2.30. The summed E-state index contributed by atoms with van der Waals surface area (Å²) in [6.07, 6.45) is 1.05. The molecular weight excluding hydrogens is 281 g/mol. The zero-order valence-corrected chi connectivity index (χ0v) is 13.6. The van der Waals surface area contributed by atoms with Crippen molar-refractivity contribution >= 4 is 23.2 Å². The van der Waals surface area contributed by atoms with E-state index in [-0.39, 0.29) is 12.1 Å². The third-order valence-electron chi connectivity index (χ3n) is 3.23. The molecule has 1 N–H and O–H groups in total. The average Bonchev–Trinajstić information content (AvgIpc) is 2.34. The molecule has 19 heavy (non-hydrogen) atoms. The molecular formula is C15H23Cl2NO. The molecule has 0 aliphatic rings. The number of halogens is 2. The third-order valence-corrected chi connectivity index (χ3v) is 3.97. The molecule has 2 unspecified atom stereocenters. The predicted molar refractivity (Wildman–Crippen MR) is 83.3 cm³/mol. The highest BCUT2D eigenvalue weighted by Gasteiger charge is 2.23. The van der Waals surface area contributed by atoms with Gasteiger partial charge in [-0.3, -0.25) is 0 Å². The molecule has 0 fully saturated rings. The van der Waals surface area contributed by atoms with Crippen molar-refractivity contribution in [2.75, 3.05) is 13.7 Å². The van der Waals surface area contributed by atoms with Crippen LogP contribution in [0.5, 0.6) is 0 Å². The zero-order valence-electron chi connectivity index (χ0n) is 12.0. The molecule has 0 amide bonds. The van der Waals surface area contributed by atoms with E-state index in [0.29, 0.717) is 16.0 Å². The number of benzene rings is 1. The van der Waals surface area contributed by atoms with E-state index in [9.17, 15) is 0 Å². The molecule has 0 aromatic heterocycles. The van der Waals surface area contributed by atoms with Gasteiger partial charge in [-0.1, -0.05) is 50.0 Å². The van der Waals surface area contributed by atoms with E-state index in [4.69, 9.17) is 27.9 Å². The average molecular weight is 304 g/mol. The zero-order chi connectivity index (χ0) is 14.4. The second-order valence-corrected chi connectivity index (χ2v) is 5.88. The van der Waals surface area contributed by atoms with Gasteiger partial charge in [0.05, 0.1) is 16.1 Å². The summed E-state index contributed by atoms with van der Waals surface area (Å²) in [5, 5.41) is 4.70.